The van der Waals surface area contributed by atoms with Crippen LogP contribution in [0.5, 0.6) is 0 Å². The van der Waals surface area contributed by atoms with E-state index in [2.05, 4.69) is 20.1 Å². The summed E-state index contributed by atoms with van der Waals surface area (Å²) < 4.78 is 20.5. The Kier molecular flexibility index (Phi) is 4.84. The molecular formula is C22H20FN5O2. The van der Waals surface area contributed by atoms with Crippen molar-refractivity contribution in [1.82, 2.24) is 24.8 Å². The number of likely N-dealkylation sites (tertiary alicyclic amines) is 1. The van der Waals surface area contributed by atoms with Crippen molar-refractivity contribution in [2.24, 2.45) is 0 Å². The Morgan fingerprint density at radius 3 is 2.97 bits per heavy atom. The molecule has 1 unspecified atom stereocenters. The minimum Gasteiger partial charge on any atom is -0.339 e. The molecule has 1 saturated heterocycles. The molecule has 0 amide bonds. The van der Waals surface area contributed by atoms with Crippen molar-refractivity contribution in [3.05, 3.63) is 76.8 Å². The Labute approximate surface area is 171 Å². The topological polar surface area (TPSA) is 77.1 Å². The van der Waals surface area contributed by atoms with Crippen LogP contribution in [0.4, 0.5) is 4.39 Å². The van der Waals surface area contributed by atoms with Gasteiger partial charge in [-0.15, -0.1) is 0 Å². The number of piperidine rings is 1. The molecule has 152 valence electrons. The van der Waals surface area contributed by atoms with Crippen molar-refractivity contribution in [3.8, 4) is 11.4 Å². The Morgan fingerprint density at radius 2 is 2.07 bits per heavy atom. The van der Waals surface area contributed by atoms with Crippen LogP contribution < -0.4 is 5.56 Å². The maximum absolute atomic E-state index is 13.5. The van der Waals surface area contributed by atoms with E-state index >= 15 is 0 Å². The summed E-state index contributed by atoms with van der Waals surface area (Å²) in [6, 6.07) is 13.6. The van der Waals surface area contributed by atoms with Gasteiger partial charge in [-0.3, -0.25) is 9.69 Å². The van der Waals surface area contributed by atoms with E-state index in [0.29, 0.717) is 35.9 Å². The highest BCUT2D eigenvalue weighted by atomic mass is 19.1. The summed E-state index contributed by atoms with van der Waals surface area (Å²) in [6.45, 7) is 1.96. The SMILES string of the molecule is O=c1c2ccccc2cnn1CN1CCCC(c2nc(-c3cccc(F)c3)no2)C1. The van der Waals surface area contributed by atoms with Crippen LogP contribution in [0, 0.1) is 5.82 Å². The molecule has 0 N–H and O–H groups in total. The predicted molar refractivity (Wildman–Crippen MR) is 109 cm³/mol. The molecule has 7 nitrogen and oxygen atoms in total. The van der Waals surface area contributed by atoms with Gasteiger partial charge in [-0.05, 0) is 37.6 Å². The molecule has 0 spiro atoms. The van der Waals surface area contributed by atoms with Gasteiger partial charge in [-0.1, -0.05) is 35.5 Å². The average Bonchev–Trinajstić information content (AvgIpc) is 3.27. The molecule has 3 heterocycles. The van der Waals surface area contributed by atoms with Crippen molar-refractivity contribution < 1.29 is 8.91 Å². The van der Waals surface area contributed by atoms with Gasteiger partial charge in [0.05, 0.1) is 24.2 Å². The highest BCUT2D eigenvalue weighted by Crippen LogP contribution is 2.28. The Balaban J connectivity index is 1.33. The molecule has 1 aliphatic heterocycles. The molecule has 0 radical (unpaired) electrons. The molecule has 1 atom stereocenters. The lowest BCUT2D eigenvalue weighted by atomic mass is 9.98. The normalized spacial score (nSPS) is 17.4. The van der Waals surface area contributed by atoms with Crippen LogP contribution >= 0.6 is 0 Å². The lowest BCUT2D eigenvalue weighted by molar-refractivity contribution is 0.142. The maximum atomic E-state index is 13.5. The van der Waals surface area contributed by atoms with Crippen LogP contribution in [-0.2, 0) is 6.67 Å². The van der Waals surface area contributed by atoms with Crippen LogP contribution in [-0.4, -0.2) is 37.9 Å². The summed E-state index contributed by atoms with van der Waals surface area (Å²) >= 11 is 0. The van der Waals surface area contributed by atoms with Gasteiger partial charge in [0.25, 0.3) is 5.56 Å². The number of hydrogen-bond donors (Lipinski definition) is 0. The zero-order chi connectivity index (χ0) is 20.5. The van der Waals surface area contributed by atoms with Gasteiger partial charge in [0, 0.05) is 17.5 Å². The summed E-state index contributed by atoms with van der Waals surface area (Å²) in [5, 5.41) is 9.85. The van der Waals surface area contributed by atoms with Crippen LogP contribution in [0.15, 0.2) is 64.0 Å². The Bertz CT molecular complexity index is 1250. The van der Waals surface area contributed by atoms with Crippen LogP contribution in [0.2, 0.25) is 0 Å². The molecule has 2 aromatic carbocycles. The lowest BCUT2D eigenvalue weighted by Crippen LogP contribution is -2.39. The largest absolute Gasteiger partial charge is 0.339 e. The van der Waals surface area contributed by atoms with Gasteiger partial charge in [0.15, 0.2) is 0 Å². The average molecular weight is 405 g/mol. The van der Waals surface area contributed by atoms with Gasteiger partial charge in [-0.25, -0.2) is 9.07 Å². The van der Waals surface area contributed by atoms with Gasteiger partial charge in [0.2, 0.25) is 11.7 Å². The fourth-order valence-electron chi connectivity index (χ4n) is 3.95. The fourth-order valence-corrected chi connectivity index (χ4v) is 3.95. The number of hydrogen-bond acceptors (Lipinski definition) is 6. The zero-order valence-corrected chi connectivity index (χ0v) is 16.2. The van der Waals surface area contributed by atoms with E-state index in [1.54, 1.807) is 18.3 Å². The lowest BCUT2D eigenvalue weighted by Gasteiger charge is -2.30. The summed E-state index contributed by atoms with van der Waals surface area (Å²) in [7, 11) is 0. The summed E-state index contributed by atoms with van der Waals surface area (Å²) in [4.78, 5) is 19.4. The summed E-state index contributed by atoms with van der Waals surface area (Å²) in [5.41, 5.74) is 0.492. The Hall–Kier alpha value is -3.39. The van der Waals surface area contributed by atoms with E-state index in [4.69, 9.17) is 4.52 Å². The summed E-state index contributed by atoms with van der Waals surface area (Å²) in [5.74, 6) is 0.646. The second kappa shape index (κ2) is 7.79. The highest BCUT2D eigenvalue weighted by Gasteiger charge is 2.27. The number of nitrogens with zero attached hydrogens (tertiary/aromatic N) is 5. The minimum atomic E-state index is -0.337. The Morgan fingerprint density at radius 1 is 1.17 bits per heavy atom. The molecule has 0 bridgehead atoms. The van der Waals surface area contributed by atoms with E-state index in [0.717, 1.165) is 24.8 Å². The van der Waals surface area contributed by atoms with Gasteiger partial charge in [-0.2, -0.15) is 10.1 Å². The molecule has 0 aliphatic carbocycles. The van der Waals surface area contributed by atoms with E-state index in [1.165, 1.54) is 16.8 Å². The van der Waals surface area contributed by atoms with Crippen LogP contribution in [0.1, 0.15) is 24.7 Å². The first-order chi connectivity index (χ1) is 14.7. The maximum Gasteiger partial charge on any atom is 0.275 e. The second-order valence-corrected chi connectivity index (χ2v) is 7.56. The smallest absolute Gasteiger partial charge is 0.275 e. The molecule has 5 rings (SSSR count). The van der Waals surface area contributed by atoms with E-state index in [9.17, 15) is 9.18 Å². The monoisotopic (exact) mass is 405 g/mol. The number of halogens is 1. The first-order valence-electron chi connectivity index (χ1n) is 9.94. The molecular weight excluding hydrogens is 385 g/mol. The van der Waals surface area contributed by atoms with Gasteiger partial charge < -0.3 is 4.52 Å². The predicted octanol–water partition coefficient (Wildman–Crippen LogP) is 3.42. The number of rotatable bonds is 4. The van der Waals surface area contributed by atoms with E-state index in [1.807, 2.05) is 24.3 Å². The second-order valence-electron chi connectivity index (χ2n) is 7.56. The third-order valence-electron chi connectivity index (χ3n) is 5.48. The molecule has 0 saturated carbocycles. The van der Waals surface area contributed by atoms with Gasteiger partial charge >= 0.3 is 0 Å². The van der Waals surface area contributed by atoms with Crippen molar-refractivity contribution in [2.75, 3.05) is 13.1 Å². The minimum absolute atomic E-state index is 0.0599. The van der Waals surface area contributed by atoms with Crippen LogP contribution in [0.3, 0.4) is 0 Å². The zero-order valence-electron chi connectivity index (χ0n) is 16.2. The van der Waals surface area contributed by atoms with E-state index < -0.39 is 0 Å². The number of aromatic nitrogens is 4. The molecule has 1 fully saturated rings. The van der Waals surface area contributed by atoms with Crippen molar-refractivity contribution >= 4 is 10.8 Å². The molecule has 4 aromatic rings. The third-order valence-corrected chi connectivity index (χ3v) is 5.48. The number of benzene rings is 2. The third kappa shape index (κ3) is 3.61. The first-order valence-corrected chi connectivity index (χ1v) is 9.94. The number of fused-ring (bicyclic) bond motifs is 1. The molecule has 30 heavy (non-hydrogen) atoms. The molecule has 1 aliphatic rings. The fraction of sp³-hybridized carbons (Fsp3) is 0.273. The van der Waals surface area contributed by atoms with Crippen molar-refractivity contribution in [1.29, 1.82) is 0 Å². The van der Waals surface area contributed by atoms with E-state index in [-0.39, 0.29) is 17.3 Å². The van der Waals surface area contributed by atoms with Crippen molar-refractivity contribution in [3.63, 3.8) is 0 Å². The highest BCUT2D eigenvalue weighted by molar-refractivity contribution is 5.80. The molecule has 8 heteroatoms. The van der Waals surface area contributed by atoms with Crippen molar-refractivity contribution in [2.45, 2.75) is 25.4 Å². The van der Waals surface area contributed by atoms with Gasteiger partial charge in [0.1, 0.15) is 5.82 Å². The van der Waals surface area contributed by atoms with Crippen LogP contribution in [0.25, 0.3) is 22.2 Å². The quantitative estimate of drug-likeness (QED) is 0.518. The molecule has 2 aromatic heterocycles. The first kappa shape index (κ1) is 18.6. The summed E-state index contributed by atoms with van der Waals surface area (Å²) in [6.07, 6.45) is 3.59. The standard InChI is InChI=1S/C22H20FN5O2/c23-18-8-3-6-15(11-18)20-25-21(30-26-20)17-7-4-10-27(13-17)14-28-22(29)19-9-2-1-5-16(19)12-24-28/h1-3,5-6,8-9,11-12,17H,4,7,10,13-14H2.